The summed E-state index contributed by atoms with van der Waals surface area (Å²) in [7, 11) is 0. The Kier molecular flexibility index (Phi) is 7.13. The molecule has 0 unspecified atom stereocenters. The molecule has 3 heterocycles. The highest BCUT2D eigenvalue weighted by Gasteiger charge is 2.28. The van der Waals surface area contributed by atoms with Crippen molar-refractivity contribution in [2.75, 3.05) is 26.2 Å². The van der Waals surface area contributed by atoms with Crippen LogP contribution in [0.1, 0.15) is 86.0 Å². The zero-order valence-corrected chi connectivity index (χ0v) is 19.0. The molecule has 1 saturated carbocycles. The van der Waals surface area contributed by atoms with Gasteiger partial charge in [-0.15, -0.1) is 0 Å². The molecule has 2 saturated heterocycles. The Morgan fingerprint density at radius 1 is 0.968 bits per heavy atom. The first kappa shape index (κ1) is 22.1. The molecule has 0 spiro atoms. The van der Waals surface area contributed by atoms with Crippen LogP contribution in [0.2, 0.25) is 0 Å². The Morgan fingerprint density at radius 3 is 2.39 bits per heavy atom. The van der Waals surface area contributed by atoms with Crippen molar-refractivity contribution in [3.63, 3.8) is 0 Å². The molecule has 0 bridgehead atoms. The molecule has 1 aliphatic carbocycles. The monoisotopic (exact) mass is 427 g/mol. The van der Waals surface area contributed by atoms with Gasteiger partial charge in [-0.05, 0) is 51.4 Å². The first-order valence-corrected chi connectivity index (χ1v) is 12.3. The van der Waals surface area contributed by atoms with E-state index < -0.39 is 0 Å². The smallest absolute Gasteiger partial charge is 0.259 e. The van der Waals surface area contributed by atoms with Crippen molar-refractivity contribution in [3.8, 4) is 0 Å². The molecule has 3 aliphatic rings. The van der Waals surface area contributed by atoms with Crippen LogP contribution in [0, 0.1) is 12.8 Å². The third-order valence-electron chi connectivity index (χ3n) is 7.42. The molecule has 2 amide bonds. The first-order chi connectivity index (χ1) is 15.0. The van der Waals surface area contributed by atoms with Crippen LogP contribution >= 0.6 is 0 Å². The summed E-state index contributed by atoms with van der Waals surface area (Å²) < 4.78 is 2.22. The van der Waals surface area contributed by atoms with E-state index in [9.17, 15) is 14.4 Å². The number of piperidine rings is 1. The van der Waals surface area contributed by atoms with Gasteiger partial charge in [-0.3, -0.25) is 14.4 Å². The van der Waals surface area contributed by atoms with E-state index in [1.54, 1.807) is 6.07 Å². The maximum Gasteiger partial charge on any atom is 0.259 e. The fourth-order valence-corrected chi connectivity index (χ4v) is 5.69. The highest BCUT2D eigenvalue weighted by atomic mass is 16.2. The lowest BCUT2D eigenvalue weighted by molar-refractivity contribution is -0.127. The van der Waals surface area contributed by atoms with Crippen molar-refractivity contribution < 1.29 is 9.59 Å². The number of likely N-dealkylation sites (tertiary alicyclic amines) is 2. The topological polar surface area (TPSA) is 62.6 Å². The van der Waals surface area contributed by atoms with Crippen molar-refractivity contribution in [1.82, 2.24) is 14.4 Å². The van der Waals surface area contributed by atoms with E-state index in [4.69, 9.17) is 0 Å². The van der Waals surface area contributed by atoms with Crippen LogP contribution < -0.4 is 5.43 Å². The largest absolute Gasteiger partial charge is 0.348 e. The van der Waals surface area contributed by atoms with Gasteiger partial charge in [0, 0.05) is 56.6 Å². The van der Waals surface area contributed by atoms with Crippen molar-refractivity contribution in [2.45, 2.75) is 84.1 Å². The molecule has 31 heavy (non-hydrogen) atoms. The van der Waals surface area contributed by atoms with E-state index >= 15 is 0 Å². The van der Waals surface area contributed by atoms with E-state index in [0.29, 0.717) is 17.9 Å². The fourth-order valence-electron chi connectivity index (χ4n) is 5.69. The summed E-state index contributed by atoms with van der Waals surface area (Å²) in [6.45, 7) is 5.85. The van der Waals surface area contributed by atoms with E-state index in [2.05, 4.69) is 4.57 Å². The first-order valence-electron chi connectivity index (χ1n) is 12.3. The number of aryl methyl sites for hydroxylation is 1. The Hall–Kier alpha value is -2.11. The van der Waals surface area contributed by atoms with Gasteiger partial charge in [-0.2, -0.15) is 0 Å². The lowest BCUT2D eigenvalue weighted by atomic mass is 9.96. The third kappa shape index (κ3) is 5.04. The maximum atomic E-state index is 13.5. The summed E-state index contributed by atoms with van der Waals surface area (Å²) in [6, 6.07) is 1.65. The number of amides is 2. The minimum atomic E-state index is -0.118. The molecule has 1 aromatic rings. The highest BCUT2D eigenvalue weighted by Crippen LogP contribution is 2.29. The van der Waals surface area contributed by atoms with E-state index in [1.165, 1.54) is 25.7 Å². The van der Waals surface area contributed by atoms with E-state index in [1.807, 2.05) is 16.7 Å². The number of nitrogens with zero attached hydrogens (tertiary/aromatic N) is 3. The number of pyridine rings is 1. The molecule has 1 aromatic heterocycles. The Balaban J connectivity index is 1.62. The lowest BCUT2D eigenvalue weighted by Crippen LogP contribution is -2.40. The van der Waals surface area contributed by atoms with Gasteiger partial charge in [0.2, 0.25) is 5.91 Å². The number of hydrogen-bond acceptors (Lipinski definition) is 3. The Labute approximate surface area is 185 Å². The predicted octanol–water partition coefficient (Wildman–Crippen LogP) is 3.53. The normalized spacial score (nSPS) is 20.1. The maximum absolute atomic E-state index is 13.5. The number of hydrogen-bond donors (Lipinski definition) is 0. The van der Waals surface area contributed by atoms with Crippen molar-refractivity contribution in [1.29, 1.82) is 0 Å². The molecule has 4 rings (SSSR count). The van der Waals surface area contributed by atoms with Crippen LogP contribution in [0.4, 0.5) is 0 Å². The number of rotatable bonds is 7. The van der Waals surface area contributed by atoms with Gasteiger partial charge in [0.15, 0.2) is 5.43 Å². The fraction of sp³-hybridized carbons (Fsp3) is 0.720. The van der Waals surface area contributed by atoms with Crippen LogP contribution in [-0.2, 0) is 17.8 Å². The van der Waals surface area contributed by atoms with Gasteiger partial charge in [0.05, 0.1) is 0 Å². The van der Waals surface area contributed by atoms with Crippen LogP contribution in [0.25, 0.3) is 0 Å². The van der Waals surface area contributed by atoms with Crippen molar-refractivity contribution >= 4 is 11.8 Å². The molecular weight excluding hydrogens is 390 g/mol. The van der Waals surface area contributed by atoms with E-state index in [0.717, 1.165) is 82.6 Å². The lowest BCUT2D eigenvalue weighted by Gasteiger charge is -2.29. The minimum absolute atomic E-state index is 0.0684. The molecule has 6 heteroatoms. The van der Waals surface area contributed by atoms with Gasteiger partial charge in [0.1, 0.15) is 5.56 Å². The quantitative estimate of drug-likeness (QED) is 0.669. The zero-order chi connectivity index (χ0) is 21.8. The molecular formula is C25H37N3O3. The molecule has 0 N–H and O–H groups in total. The second kappa shape index (κ2) is 10.0. The summed E-state index contributed by atoms with van der Waals surface area (Å²) in [5.41, 5.74) is 2.17. The van der Waals surface area contributed by atoms with Crippen molar-refractivity contribution in [3.05, 3.63) is 33.2 Å². The molecule has 170 valence electrons. The molecule has 0 aromatic carbocycles. The minimum Gasteiger partial charge on any atom is -0.348 e. The second-order valence-corrected chi connectivity index (χ2v) is 9.67. The van der Waals surface area contributed by atoms with E-state index in [-0.39, 0.29) is 17.2 Å². The van der Waals surface area contributed by atoms with Crippen molar-refractivity contribution in [2.24, 2.45) is 5.92 Å². The van der Waals surface area contributed by atoms with Gasteiger partial charge in [0.25, 0.3) is 5.91 Å². The molecule has 0 radical (unpaired) electrons. The summed E-state index contributed by atoms with van der Waals surface area (Å²) >= 11 is 0. The number of aromatic nitrogens is 1. The average Bonchev–Trinajstić information content (AvgIpc) is 3.42. The number of carbonyl (C=O) groups excluding carboxylic acids is 2. The Bertz CT molecular complexity index is 863. The second-order valence-electron chi connectivity index (χ2n) is 9.67. The third-order valence-corrected chi connectivity index (χ3v) is 7.42. The zero-order valence-electron chi connectivity index (χ0n) is 19.0. The highest BCUT2D eigenvalue weighted by molar-refractivity contribution is 5.95. The summed E-state index contributed by atoms with van der Waals surface area (Å²) in [4.78, 5) is 42.4. The van der Waals surface area contributed by atoms with Gasteiger partial charge >= 0.3 is 0 Å². The molecule has 6 nitrogen and oxygen atoms in total. The SMILES string of the molecule is Cc1cc(=O)c(C(=O)N2CCCCC2)c(CC2CCCC2)n1CCCN1CCCC1=O. The molecule has 3 fully saturated rings. The summed E-state index contributed by atoms with van der Waals surface area (Å²) in [5.74, 6) is 0.741. The predicted molar refractivity (Wildman–Crippen MR) is 121 cm³/mol. The van der Waals surface area contributed by atoms with Gasteiger partial charge in [-0.25, -0.2) is 0 Å². The standard InChI is InChI=1S/C25H37N3O3/c1-19-17-22(29)24(25(31)27-12-5-2-6-13-27)21(18-20-9-3-4-10-20)28(19)16-8-15-26-14-7-11-23(26)30/h17,20H,2-16,18H2,1H3. The van der Waals surface area contributed by atoms with Gasteiger partial charge < -0.3 is 14.4 Å². The summed E-state index contributed by atoms with van der Waals surface area (Å²) in [5, 5.41) is 0. The van der Waals surface area contributed by atoms with Crippen LogP contribution in [-0.4, -0.2) is 52.4 Å². The average molecular weight is 428 g/mol. The van der Waals surface area contributed by atoms with Gasteiger partial charge in [-0.1, -0.05) is 25.7 Å². The van der Waals surface area contributed by atoms with Crippen LogP contribution in [0.5, 0.6) is 0 Å². The Morgan fingerprint density at radius 2 is 1.71 bits per heavy atom. The van der Waals surface area contributed by atoms with Crippen LogP contribution in [0.3, 0.4) is 0 Å². The van der Waals surface area contributed by atoms with Crippen LogP contribution in [0.15, 0.2) is 10.9 Å². The number of carbonyl (C=O) groups is 2. The molecule has 2 aliphatic heterocycles. The molecule has 0 atom stereocenters. The summed E-state index contributed by atoms with van der Waals surface area (Å²) in [6.07, 6.45) is 11.3.